The van der Waals surface area contributed by atoms with Crippen LogP contribution in [0.5, 0.6) is 0 Å². The Kier molecular flexibility index (Phi) is 2.91. The van der Waals surface area contributed by atoms with Gasteiger partial charge in [0.15, 0.2) is 0 Å². The Labute approximate surface area is 100 Å². The van der Waals surface area contributed by atoms with Crippen LogP contribution in [0.15, 0.2) is 6.20 Å². The van der Waals surface area contributed by atoms with E-state index in [1.54, 1.807) is 0 Å². The molecule has 1 fully saturated rings. The van der Waals surface area contributed by atoms with Crippen molar-refractivity contribution in [3.05, 3.63) is 17.7 Å². The smallest absolute Gasteiger partial charge is 0.119 e. The maximum Gasteiger partial charge on any atom is 0.119 e. The van der Waals surface area contributed by atoms with Gasteiger partial charge in [-0.15, -0.1) is 0 Å². The van der Waals surface area contributed by atoms with Crippen molar-refractivity contribution < 1.29 is 0 Å². The van der Waals surface area contributed by atoms with E-state index in [1.807, 2.05) is 11.8 Å². The SMILES string of the molecule is CN1CCNCC1c1cn2c(n1)CSCC2. The van der Waals surface area contributed by atoms with E-state index < -0.39 is 0 Å². The van der Waals surface area contributed by atoms with Crippen molar-refractivity contribution in [2.75, 3.05) is 32.4 Å². The van der Waals surface area contributed by atoms with Crippen molar-refractivity contribution in [2.24, 2.45) is 0 Å². The summed E-state index contributed by atoms with van der Waals surface area (Å²) in [5.74, 6) is 3.55. The molecule has 0 spiro atoms. The zero-order valence-electron chi connectivity index (χ0n) is 9.65. The molecule has 2 aliphatic heterocycles. The van der Waals surface area contributed by atoms with Crippen LogP contribution in [0.3, 0.4) is 0 Å². The summed E-state index contributed by atoms with van der Waals surface area (Å²) in [5, 5.41) is 3.45. The second-order valence-electron chi connectivity index (χ2n) is 4.53. The molecule has 4 nitrogen and oxygen atoms in total. The molecule has 1 N–H and O–H groups in total. The Bertz CT molecular complexity index is 353. The molecule has 3 rings (SSSR count). The Morgan fingerprint density at radius 2 is 2.44 bits per heavy atom. The number of imidazole rings is 1. The van der Waals surface area contributed by atoms with Crippen LogP contribution in [-0.2, 0) is 12.3 Å². The van der Waals surface area contributed by atoms with E-state index in [2.05, 4.69) is 28.0 Å². The Balaban J connectivity index is 1.85. The van der Waals surface area contributed by atoms with E-state index in [0.29, 0.717) is 6.04 Å². The Hall–Kier alpha value is -0.520. The quantitative estimate of drug-likeness (QED) is 0.781. The average molecular weight is 238 g/mol. The molecule has 1 saturated heterocycles. The van der Waals surface area contributed by atoms with Gasteiger partial charge in [0.2, 0.25) is 0 Å². The largest absolute Gasteiger partial charge is 0.333 e. The van der Waals surface area contributed by atoms with Crippen LogP contribution in [0.2, 0.25) is 0 Å². The van der Waals surface area contributed by atoms with Gasteiger partial charge in [0.25, 0.3) is 0 Å². The highest BCUT2D eigenvalue weighted by molar-refractivity contribution is 7.98. The van der Waals surface area contributed by atoms with Crippen LogP contribution in [-0.4, -0.2) is 46.9 Å². The van der Waals surface area contributed by atoms with Crippen molar-refractivity contribution in [1.29, 1.82) is 0 Å². The van der Waals surface area contributed by atoms with E-state index in [0.717, 1.165) is 31.9 Å². The first-order valence-corrected chi connectivity index (χ1v) is 7.05. The van der Waals surface area contributed by atoms with E-state index in [1.165, 1.54) is 17.3 Å². The van der Waals surface area contributed by atoms with Gasteiger partial charge in [-0.2, -0.15) is 11.8 Å². The molecule has 0 radical (unpaired) electrons. The van der Waals surface area contributed by atoms with Gasteiger partial charge in [0.1, 0.15) is 5.82 Å². The summed E-state index contributed by atoms with van der Waals surface area (Å²) in [6, 6.07) is 0.455. The average Bonchev–Trinajstić information content (AvgIpc) is 2.73. The number of piperazine rings is 1. The molecule has 1 aromatic rings. The fraction of sp³-hybridized carbons (Fsp3) is 0.727. The molecule has 2 aliphatic rings. The van der Waals surface area contributed by atoms with Crippen LogP contribution in [0, 0.1) is 0 Å². The summed E-state index contributed by atoms with van der Waals surface area (Å²) in [7, 11) is 2.19. The van der Waals surface area contributed by atoms with Crippen LogP contribution in [0.25, 0.3) is 0 Å². The van der Waals surface area contributed by atoms with Crippen molar-refractivity contribution in [2.45, 2.75) is 18.3 Å². The Morgan fingerprint density at radius 1 is 1.50 bits per heavy atom. The number of rotatable bonds is 1. The minimum absolute atomic E-state index is 0.455. The zero-order valence-corrected chi connectivity index (χ0v) is 10.5. The first-order chi connectivity index (χ1) is 7.84. The second-order valence-corrected chi connectivity index (χ2v) is 5.63. The lowest BCUT2D eigenvalue weighted by Gasteiger charge is -2.31. The zero-order chi connectivity index (χ0) is 11.0. The first kappa shape index (κ1) is 10.6. The van der Waals surface area contributed by atoms with E-state index in [9.17, 15) is 0 Å². The molecule has 0 amide bonds. The van der Waals surface area contributed by atoms with Gasteiger partial charge in [-0.05, 0) is 7.05 Å². The number of likely N-dealkylation sites (N-methyl/N-ethyl adjacent to an activating group) is 1. The molecule has 0 aliphatic carbocycles. The predicted molar refractivity (Wildman–Crippen MR) is 66.6 cm³/mol. The molecule has 0 saturated carbocycles. The lowest BCUT2D eigenvalue weighted by molar-refractivity contribution is 0.198. The van der Waals surface area contributed by atoms with Gasteiger partial charge in [-0.1, -0.05) is 0 Å². The molecule has 0 aromatic carbocycles. The molecule has 1 aromatic heterocycles. The fourth-order valence-electron chi connectivity index (χ4n) is 2.41. The molecule has 5 heteroatoms. The molecule has 1 unspecified atom stereocenters. The van der Waals surface area contributed by atoms with Gasteiger partial charge in [0.05, 0.1) is 17.5 Å². The standard InChI is InChI=1S/C11H18N4S/c1-14-3-2-12-6-10(14)9-7-15-4-5-16-8-11(15)13-9/h7,10,12H,2-6,8H2,1H3. The second kappa shape index (κ2) is 4.39. The number of aromatic nitrogens is 2. The number of hydrogen-bond acceptors (Lipinski definition) is 4. The number of aryl methyl sites for hydroxylation is 1. The van der Waals surface area contributed by atoms with Crippen LogP contribution in [0.4, 0.5) is 0 Å². The predicted octanol–water partition coefficient (Wildman–Crippen LogP) is 0.706. The van der Waals surface area contributed by atoms with Gasteiger partial charge < -0.3 is 9.88 Å². The monoisotopic (exact) mass is 238 g/mol. The van der Waals surface area contributed by atoms with E-state index >= 15 is 0 Å². The minimum Gasteiger partial charge on any atom is -0.333 e. The molecule has 16 heavy (non-hydrogen) atoms. The number of thioether (sulfide) groups is 1. The molecule has 0 bridgehead atoms. The summed E-state index contributed by atoms with van der Waals surface area (Å²) in [6.07, 6.45) is 2.25. The normalized spacial score (nSPS) is 26.7. The summed E-state index contributed by atoms with van der Waals surface area (Å²) in [5.41, 5.74) is 1.24. The summed E-state index contributed by atoms with van der Waals surface area (Å²) in [4.78, 5) is 7.19. The van der Waals surface area contributed by atoms with Crippen molar-refractivity contribution in [1.82, 2.24) is 19.8 Å². The lowest BCUT2D eigenvalue weighted by atomic mass is 10.1. The highest BCUT2D eigenvalue weighted by Gasteiger charge is 2.24. The van der Waals surface area contributed by atoms with Gasteiger partial charge in [0, 0.05) is 38.1 Å². The van der Waals surface area contributed by atoms with Gasteiger partial charge in [-0.3, -0.25) is 4.90 Å². The number of fused-ring (bicyclic) bond motifs is 1. The van der Waals surface area contributed by atoms with Gasteiger partial charge >= 0.3 is 0 Å². The highest BCUT2D eigenvalue weighted by Crippen LogP contribution is 2.24. The van der Waals surface area contributed by atoms with Crippen molar-refractivity contribution in [3.63, 3.8) is 0 Å². The summed E-state index contributed by atoms with van der Waals surface area (Å²) in [6.45, 7) is 4.36. The third-order valence-corrected chi connectivity index (χ3v) is 4.37. The number of nitrogens with one attached hydrogen (secondary N) is 1. The van der Waals surface area contributed by atoms with Crippen molar-refractivity contribution >= 4 is 11.8 Å². The molecule has 3 heterocycles. The minimum atomic E-state index is 0.455. The highest BCUT2D eigenvalue weighted by atomic mass is 32.2. The van der Waals surface area contributed by atoms with Crippen LogP contribution in [0.1, 0.15) is 17.6 Å². The molecule has 1 atom stereocenters. The maximum atomic E-state index is 4.79. The summed E-state index contributed by atoms with van der Waals surface area (Å²) >= 11 is 1.99. The van der Waals surface area contributed by atoms with Gasteiger partial charge in [-0.25, -0.2) is 4.98 Å². The van der Waals surface area contributed by atoms with E-state index in [-0.39, 0.29) is 0 Å². The maximum absolute atomic E-state index is 4.79. The third kappa shape index (κ3) is 1.87. The topological polar surface area (TPSA) is 33.1 Å². The number of hydrogen-bond donors (Lipinski definition) is 1. The summed E-state index contributed by atoms with van der Waals surface area (Å²) < 4.78 is 2.33. The third-order valence-electron chi connectivity index (χ3n) is 3.44. The Morgan fingerprint density at radius 3 is 3.25 bits per heavy atom. The molecular formula is C11H18N4S. The molecule has 88 valence electrons. The van der Waals surface area contributed by atoms with Crippen LogP contribution < -0.4 is 5.32 Å². The molecular weight excluding hydrogens is 220 g/mol. The fourth-order valence-corrected chi connectivity index (χ4v) is 3.29. The van der Waals surface area contributed by atoms with Crippen LogP contribution >= 0.6 is 11.8 Å². The number of nitrogens with zero attached hydrogens (tertiary/aromatic N) is 3. The first-order valence-electron chi connectivity index (χ1n) is 5.89. The lowest BCUT2D eigenvalue weighted by Crippen LogP contribution is -2.43. The van der Waals surface area contributed by atoms with Crippen molar-refractivity contribution in [3.8, 4) is 0 Å². The van der Waals surface area contributed by atoms with E-state index in [4.69, 9.17) is 4.98 Å².